The number of carbonyl (C=O) groups is 1. The second kappa shape index (κ2) is 6.71. The molecule has 0 saturated heterocycles. The van der Waals surface area contributed by atoms with Crippen molar-refractivity contribution in [1.82, 2.24) is 0 Å². The number of carbonyl (C=O) groups excluding carboxylic acids is 1. The van der Waals surface area contributed by atoms with Crippen molar-refractivity contribution in [2.75, 3.05) is 0 Å². The minimum Gasteiger partial charge on any atom is -0.479 e. The molecule has 0 aromatic heterocycles. The Labute approximate surface area is 139 Å². The Morgan fingerprint density at radius 2 is 1.70 bits per heavy atom. The molecule has 0 N–H and O–H groups in total. The largest absolute Gasteiger partial charge is 0.479 e. The topological polar surface area (TPSA) is 35.5 Å². The van der Waals surface area contributed by atoms with Crippen molar-refractivity contribution in [2.45, 2.75) is 13.0 Å². The standard InChI is InChI=1S/C19H15ClO3/c1-13(22-17-8-4-7-16(20)12-17)19(21)23-18-10-9-14-5-2-3-6-15(14)11-18/h2-13H,1H3. The molecule has 3 aromatic carbocycles. The Morgan fingerprint density at radius 3 is 2.48 bits per heavy atom. The van der Waals surface area contributed by atoms with Crippen molar-refractivity contribution in [3.63, 3.8) is 0 Å². The molecule has 4 heteroatoms. The molecule has 0 bridgehead atoms. The van der Waals surface area contributed by atoms with Gasteiger partial charge in [-0.25, -0.2) is 4.79 Å². The lowest BCUT2D eigenvalue weighted by Gasteiger charge is -2.14. The summed E-state index contributed by atoms with van der Waals surface area (Å²) in [5.74, 6) is 0.566. The van der Waals surface area contributed by atoms with E-state index in [4.69, 9.17) is 21.1 Å². The van der Waals surface area contributed by atoms with E-state index in [1.165, 1.54) is 0 Å². The fraction of sp³-hybridized carbons (Fsp3) is 0.105. The zero-order chi connectivity index (χ0) is 16.2. The predicted octanol–water partition coefficient (Wildman–Crippen LogP) is 4.87. The zero-order valence-corrected chi connectivity index (χ0v) is 13.3. The SMILES string of the molecule is CC(Oc1cccc(Cl)c1)C(=O)Oc1ccc2ccccc2c1. The average Bonchev–Trinajstić information content (AvgIpc) is 2.54. The quantitative estimate of drug-likeness (QED) is 0.507. The Hall–Kier alpha value is -2.52. The van der Waals surface area contributed by atoms with Gasteiger partial charge in [0.15, 0.2) is 6.10 Å². The molecule has 0 spiro atoms. The molecule has 116 valence electrons. The number of halogens is 1. The van der Waals surface area contributed by atoms with Crippen molar-refractivity contribution in [2.24, 2.45) is 0 Å². The Kier molecular flexibility index (Phi) is 4.49. The molecule has 0 radical (unpaired) electrons. The van der Waals surface area contributed by atoms with Crippen LogP contribution in [0.2, 0.25) is 5.02 Å². The second-order valence-corrected chi connectivity index (χ2v) is 5.58. The molecule has 0 aliphatic heterocycles. The van der Waals surface area contributed by atoms with Crippen LogP contribution in [-0.2, 0) is 4.79 Å². The van der Waals surface area contributed by atoms with E-state index in [1.807, 2.05) is 36.4 Å². The van der Waals surface area contributed by atoms with Crippen molar-refractivity contribution in [3.8, 4) is 11.5 Å². The highest BCUT2D eigenvalue weighted by atomic mass is 35.5. The van der Waals surface area contributed by atoms with Gasteiger partial charge in [0, 0.05) is 5.02 Å². The maximum Gasteiger partial charge on any atom is 0.352 e. The molecule has 0 saturated carbocycles. The van der Waals surface area contributed by atoms with Gasteiger partial charge in [-0.3, -0.25) is 0 Å². The Morgan fingerprint density at radius 1 is 0.913 bits per heavy atom. The fourth-order valence-corrected chi connectivity index (χ4v) is 2.40. The molecular formula is C19H15ClO3. The first kappa shape index (κ1) is 15.4. The van der Waals surface area contributed by atoms with E-state index in [0.717, 1.165) is 10.8 Å². The Balaban J connectivity index is 1.69. The highest BCUT2D eigenvalue weighted by Gasteiger charge is 2.17. The van der Waals surface area contributed by atoms with Crippen LogP contribution in [0.4, 0.5) is 0 Å². The van der Waals surface area contributed by atoms with Crippen LogP contribution in [-0.4, -0.2) is 12.1 Å². The maximum absolute atomic E-state index is 12.2. The molecular weight excluding hydrogens is 312 g/mol. The van der Waals surface area contributed by atoms with E-state index in [1.54, 1.807) is 37.3 Å². The molecule has 3 rings (SSSR count). The van der Waals surface area contributed by atoms with Gasteiger partial charge in [-0.15, -0.1) is 0 Å². The van der Waals surface area contributed by atoms with Crippen LogP contribution in [0.25, 0.3) is 10.8 Å². The molecule has 0 aliphatic carbocycles. The van der Waals surface area contributed by atoms with E-state index in [0.29, 0.717) is 16.5 Å². The fourth-order valence-electron chi connectivity index (χ4n) is 2.22. The smallest absolute Gasteiger partial charge is 0.352 e. The number of ether oxygens (including phenoxy) is 2. The summed E-state index contributed by atoms with van der Waals surface area (Å²) >= 11 is 5.90. The highest BCUT2D eigenvalue weighted by molar-refractivity contribution is 6.30. The lowest BCUT2D eigenvalue weighted by molar-refractivity contribution is -0.141. The molecule has 3 nitrogen and oxygen atoms in total. The van der Waals surface area contributed by atoms with Crippen molar-refractivity contribution < 1.29 is 14.3 Å². The van der Waals surface area contributed by atoms with Crippen LogP contribution in [0.1, 0.15) is 6.92 Å². The van der Waals surface area contributed by atoms with E-state index >= 15 is 0 Å². The average molecular weight is 327 g/mol. The first-order valence-electron chi connectivity index (χ1n) is 7.24. The van der Waals surface area contributed by atoms with E-state index in [-0.39, 0.29) is 0 Å². The summed E-state index contributed by atoms with van der Waals surface area (Å²) in [5, 5.41) is 2.66. The van der Waals surface area contributed by atoms with Crippen molar-refractivity contribution in [3.05, 3.63) is 71.8 Å². The first-order valence-corrected chi connectivity index (χ1v) is 7.62. The summed E-state index contributed by atoms with van der Waals surface area (Å²) in [6, 6.07) is 20.3. The monoisotopic (exact) mass is 326 g/mol. The Bertz CT molecular complexity index is 845. The van der Waals surface area contributed by atoms with Gasteiger partial charge in [-0.1, -0.05) is 48.0 Å². The lowest BCUT2D eigenvalue weighted by atomic mass is 10.1. The minimum atomic E-state index is -0.736. The van der Waals surface area contributed by atoms with Crippen LogP contribution >= 0.6 is 11.6 Å². The van der Waals surface area contributed by atoms with Gasteiger partial charge in [0.1, 0.15) is 11.5 Å². The molecule has 1 atom stereocenters. The van der Waals surface area contributed by atoms with Gasteiger partial charge in [0.2, 0.25) is 0 Å². The van der Waals surface area contributed by atoms with Gasteiger partial charge in [-0.2, -0.15) is 0 Å². The summed E-state index contributed by atoms with van der Waals surface area (Å²) in [6.45, 7) is 1.64. The van der Waals surface area contributed by atoms with Gasteiger partial charge < -0.3 is 9.47 Å². The summed E-state index contributed by atoms with van der Waals surface area (Å²) in [6.07, 6.45) is -0.736. The van der Waals surface area contributed by atoms with E-state index < -0.39 is 12.1 Å². The predicted molar refractivity (Wildman–Crippen MR) is 91.1 cm³/mol. The van der Waals surface area contributed by atoms with Gasteiger partial charge in [-0.05, 0) is 48.0 Å². The summed E-state index contributed by atoms with van der Waals surface area (Å²) in [5.41, 5.74) is 0. The third-order valence-corrected chi connectivity index (χ3v) is 3.62. The molecule has 1 unspecified atom stereocenters. The zero-order valence-electron chi connectivity index (χ0n) is 12.5. The molecule has 0 fully saturated rings. The van der Waals surface area contributed by atoms with E-state index in [9.17, 15) is 4.79 Å². The normalized spacial score (nSPS) is 11.9. The summed E-state index contributed by atoms with van der Waals surface area (Å²) in [7, 11) is 0. The number of esters is 1. The lowest BCUT2D eigenvalue weighted by Crippen LogP contribution is -2.28. The van der Waals surface area contributed by atoms with Crippen molar-refractivity contribution in [1.29, 1.82) is 0 Å². The third kappa shape index (κ3) is 3.82. The minimum absolute atomic E-state index is 0.458. The van der Waals surface area contributed by atoms with E-state index in [2.05, 4.69) is 0 Å². The third-order valence-electron chi connectivity index (χ3n) is 3.38. The molecule has 0 aliphatic rings. The van der Waals surface area contributed by atoms with Crippen LogP contribution in [0.3, 0.4) is 0 Å². The van der Waals surface area contributed by atoms with Crippen LogP contribution < -0.4 is 9.47 Å². The second-order valence-electron chi connectivity index (χ2n) is 5.15. The first-order chi connectivity index (χ1) is 11.1. The number of benzene rings is 3. The number of hydrogen-bond donors (Lipinski definition) is 0. The highest BCUT2D eigenvalue weighted by Crippen LogP contribution is 2.22. The van der Waals surface area contributed by atoms with Crippen LogP contribution in [0.15, 0.2) is 66.7 Å². The van der Waals surface area contributed by atoms with Gasteiger partial charge >= 0.3 is 5.97 Å². The maximum atomic E-state index is 12.2. The molecule has 23 heavy (non-hydrogen) atoms. The van der Waals surface area contributed by atoms with Crippen molar-refractivity contribution >= 4 is 28.3 Å². The molecule has 0 heterocycles. The van der Waals surface area contributed by atoms with Crippen LogP contribution in [0, 0.1) is 0 Å². The van der Waals surface area contributed by atoms with Gasteiger partial charge in [0.25, 0.3) is 0 Å². The molecule has 3 aromatic rings. The number of fused-ring (bicyclic) bond motifs is 1. The summed E-state index contributed by atoms with van der Waals surface area (Å²) < 4.78 is 10.9. The van der Waals surface area contributed by atoms with Crippen LogP contribution in [0.5, 0.6) is 11.5 Å². The van der Waals surface area contributed by atoms with Gasteiger partial charge in [0.05, 0.1) is 0 Å². The summed E-state index contributed by atoms with van der Waals surface area (Å²) in [4.78, 5) is 12.2. The number of rotatable bonds is 4. The number of hydrogen-bond acceptors (Lipinski definition) is 3. The molecule has 0 amide bonds.